The van der Waals surface area contributed by atoms with Gasteiger partial charge in [0, 0.05) is 0 Å². The summed E-state index contributed by atoms with van der Waals surface area (Å²) in [5.74, 6) is -0.424. The van der Waals surface area contributed by atoms with Crippen molar-refractivity contribution in [1.29, 1.82) is 0 Å². The van der Waals surface area contributed by atoms with Crippen molar-refractivity contribution in [2.45, 2.75) is 25.7 Å². The Morgan fingerprint density at radius 3 is 2.59 bits per heavy atom. The first-order valence-electron chi connectivity index (χ1n) is 5.37. The average molecular weight is 253 g/mol. The summed E-state index contributed by atoms with van der Waals surface area (Å²) >= 11 is 0. The fourth-order valence-electron chi connectivity index (χ4n) is 1.92. The molecule has 1 aromatic carbocycles. The second-order valence-corrected chi connectivity index (χ2v) is 7.05. The molecule has 0 spiro atoms. The van der Waals surface area contributed by atoms with Crippen LogP contribution in [0, 0.1) is 12.3 Å². The maximum atomic E-state index is 12.2. The van der Waals surface area contributed by atoms with Gasteiger partial charge in [0.1, 0.15) is 0 Å². The number of hydrogen-bond donors (Lipinski definition) is 1. The number of sulfone groups is 1. The Bertz CT molecular complexity index is 588. The van der Waals surface area contributed by atoms with Crippen molar-refractivity contribution < 1.29 is 13.2 Å². The van der Waals surface area contributed by atoms with Crippen molar-refractivity contribution in [3.05, 3.63) is 23.8 Å². The highest BCUT2D eigenvalue weighted by Gasteiger charge is 2.38. The number of rotatable bonds is 0. The lowest BCUT2D eigenvalue weighted by Crippen LogP contribution is -2.34. The summed E-state index contributed by atoms with van der Waals surface area (Å²) in [6.07, 6.45) is 0. The predicted molar refractivity (Wildman–Crippen MR) is 65.6 cm³/mol. The summed E-state index contributed by atoms with van der Waals surface area (Å²) in [4.78, 5) is 12.1. The first kappa shape index (κ1) is 12.1. The van der Waals surface area contributed by atoms with Gasteiger partial charge in [0.2, 0.25) is 5.91 Å². The van der Waals surface area contributed by atoms with Crippen LogP contribution in [0.5, 0.6) is 0 Å². The summed E-state index contributed by atoms with van der Waals surface area (Å²) in [5, 5.41) is 2.69. The van der Waals surface area contributed by atoms with E-state index in [1.54, 1.807) is 32.0 Å². The van der Waals surface area contributed by atoms with E-state index in [4.69, 9.17) is 0 Å². The molecule has 0 radical (unpaired) electrons. The number of nitrogens with one attached hydrogen (secondary N) is 1. The van der Waals surface area contributed by atoms with Crippen molar-refractivity contribution in [1.82, 2.24) is 0 Å². The lowest BCUT2D eigenvalue weighted by Gasteiger charge is -2.18. The molecule has 0 aromatic heterocycles. The van der Waals surface area contributed by atoms with Crippen LogP contribution in [0.15, 0.2) is 23.1 Å². The molecule has 0 aliphatic carbocycles. The van der Waals surface area contributed by atoms with E-state index >= 15 is 0 Å². The molecule has 1 aliphatic heterocycles. The second kappa shape index (κ2) is 3.57. The lowest BCUT2D eigenvalue weighted by molar-refractivity contribution is -0.122. The SMILES string of the molecule is Cc1ccc2c(c1)NC(=O)C(C)(C)CS2(=O)=O. The van der Waals surface area contributed by atoms with Crippen molar-refractivity contribution in [2.24, 2.45) is 5.41 Å². The minimum Gasteiger partial charge on any atom is -0.324 e. The molecule has 5 heteroatoms. The van der Waals surface area contributed by atoms with Crippen LogP contribution in [0.3, 0.4) is 0 Å². The Labute approximate surface area is 101 Å². The van der Waals surface area contributed by atoms with Crippen LogP contribution in [-0.4, -0.2) is 20.1 Å². The van der Waals surface area contributed by atoms with E-state index in [0.717, 1.165) is 5.56 Å². The highest BCUT2D eigenvalue weighted by Crippen LogP contribution is 2.33. The number of hydrogen-bond acceptors (Lipinski definition) is 3. The molecule has 1 aromatic rings. The molecule has 1 amide bonds. The average Bonchev–Trinajstić information content (AvgIpc) is 2.20. The number of amides is 1. The Morgan fingerprint density at radius 1 is 1.29 bits per heavy atom. The van der Waals surface area contributed by atoms with Crippen LogP contribution < -0.4 is 5.32 Å². The van der Waals surface area contributed by atoms with E-state index in [-0.39, 0.29) is 16.6 Å². The lowest BCUT2D eigenvalue weighted by atomic mass is 9.95. The van der Waals surface area contributed by atoms with Gasteiger partial charge in [-0.05, 0) is 24.6 Å². The summed E-state index contributed by atoms with van der Waals surface area (Å²) < 4.78 is 24.3. The van der Waals surface area contributed by atoms with Gasteiger partial charge >= 0.3 is 0 Å². The topological polar surface area (TPSA) is 63.2 Å². The molecule has 0 saturated heterocycles. The monoisotopic (exact) mass is 253 g/mol. The van der Waals surface area contributed by atoms with Gasteiger partial charge in [-0.2, -0.15) is 0 Å². The molecule has 2 rings (SSSR count). The zero-order valence-corrected chi connectivity index (χ0v) is 10.9. The number of anilines is 1. The zero-order valence-electron chi connectivity index (χ0n) is 10.1. The van der Waals surface area contributed by atoms with Gasteiger partial charge in [0.15, 0.2) is 9.84 Å². The molecule has 0 unspecified atom stereocenters. The third-order valence-electron chi connectivity index (χ3n) is 2.88. The van der Waals surface area contributed by atoms with E-state index in [1.165, 1.54) is 0 Å². The number of carbonyl (C=O) groups is 1. The molecule has 0 saturated carbocycles. The van der Waals surface area contributed by atoms with E-state index in [1.807, 2.05) is 6.92 Å². The Kier molecular flexibility index (Phi) is 2.54. The van der Waals surface area contributed by atoms with Gasteiger partial charge in [-0.1, -0.05) is 19.9 Å². The number of aryl methyl sites for hydroxylation is 1. The summed E-state index contributed by atoms with van der Waals surface area (Å²) in [6, 6.07) is 4.98. The minimum atomic E-state index is -3.42. The highest BCUT2D eigenvalue weighted by atomic mass is 32.2. The Hall–Kier alpha value is -1.36. The normalized spacial score (nSPS) is 21.2. The molecule has 17 heavy (non-hydrogen) atoms. The molecule has 0 bridgehead atoms. The third kappa shape index (κ3) is 2.07. The molecule has 4 nitrogen and oxygen atoms in total. The quantitative estimate of drug-likeness (QED) is 0.766. The van der Waals surface area contributed by atoms with Gasteiger partial charge < -0.3 is 5.32 Å². The second-order valence-electron chi connectivity index (χ2n) is 5.10. The van der Waals surface area contributed by atoms with Crippen LogP contribution >= 0.6 is 0 Å². The molecule has 1 heterocycles. The van der Waals surface area contributed by atoms with Crippen molar-refractivity contribution in [3.8, 4) is 0 Å². The van der Waals surface area contributed by atoms with E-state index in [2.05, 4.69) is 5.32 Å². The smallest absolute Gasteiger partial charge is 0.231 e. The first-order chi connectivity index (χ1) is 7.72. The third-order valence-corrected chi connectivity index (χ3v) is 5.01. The molecule has 1 aliphatic rings. The van der Waals surface area contributed by atoms with Crippen LogP contribution in [-0.2, 0) is 14.6 Å². The molecule has 92 valence electrons. The van der Waals surface area contributed by atoms with Crippen LogP contribution in [0.1, 0.15) is 19.4 Å². The summed E-state index contributed by atoms with van der Waals surface area (Å²) in [7, 11) is -3.42. The zero-order chi connectivity index (χ0) is 12.8. The van der Waals surface area contributed by atoms with E-state index in [0.29, 0.717) is 5.69 Å². The maximum absolute atomic E-state index is 12.2. The summed E-state index contributed by atoms with van der Waals surface area (Å²) in [5.41, 5.74) is 0.394. The van der Waals surface area contributed by atoms with Gasteiger partial charge in [-0.3, -0.25) is 4.79 Å². The van der Waals surface area contributed by atoms with Crippen LogP contribution in [0.25, 0.3) is 0 Å². The van der Waals surface area contributed by atoms with Crippen molar-refractivity contribution >= 4 is 21.4 Å². The Morgan fingerprint density at radius 2 is 1.94 bits per heavy atom. The molecule has 1 N–H and O–H groups in total. The molecule has 0 atom stereocenters. The van der Waals surface area contributed by atoms with E-state index < -0.39 is 15.3 Å². The maximum Gasteiger partial charge on any atom is 0.231 e. The Balaban J connectivity index is 2.68. The first-order valence-corrected chi connectivity index (χ1v) is 7.02. The van der Waals surface area contributed by atoms with Crippen LogP contribution in [0.2, 0.25) is 0 Å². The van der Waals surface area contributed by atoms with Crippen LogP contribution in [0.4, 0.5) is 5.69 Å². The predicted octanol–water partition coefficient (Wildman–Crippen LogP) is 1.75. The fraction of sp³-hybridized carbons (Fsp3) is 0.417. The molecule has 0 fully saturated rings. The van der Waals surface area contributed by atoms with Gasteiger partial charge in [0.05, 0.1) is 21.8 Å². The van der Waals surface area contributed by atoms with Crippen molar-refractivity contribution in [3.63, 3.8) is 0 Å². The number of benzene rings is 1. The standard InChI is InChI=1S/C12H15NO3S/c1-8-4-5-10-9(6-8)13-11(14)12(2,3)7-17(10,15)16/h4-6H,7H2,1-3H3,(H,13,14). The highest BCUT2D eigenvalue weighted by molar-refractivity contribution is 7.91. The minimum absolute atomic E-state index is 0.165. The van der Waals surface area contributed by atoms with Gasteiger partial charge in [0.25, 0.3) is 0 Å². The number of fused-ring (bicyclic) bond motifs is 1. The molecular formula is C12H15NO3S. The fourth-order valence-corrected chi connectivity index (χ4v) is 3.88. The number of carbonyl (C=O) groups excluding carboxylic acids is 1. The largest absolute Gasteiger partial charge is 0.324 e. The summed E-state index contributed by atoms with van der Waals surface area (Å²) in [6.45, 7) is 5.13. The molecular weight excluding hydrogens is 238 g/mol. The van der Waals surface area contributed by atoms with Gasteiger partial charge in [-0.15, -0.1) is 0 Å². The van der Waals surface area contributed by atoms with Gasteiger partial charge in [-0.25, -0.2) is 8.42 Å². The van der Waals surface area contributed by atoms with Crippen molar-refractivity contribution in [2.75, 3.05) is 11.1 Å². The van der Waals surface area contributed by atoms with E-state index in [9.17, 15) is 13.2 Å².